The summed E-state index contributed by atoms with van der Waals surface area (Å²) in [5.74, 6) is 0.713. The molecular formula is C19H32N2. The quantitative estimate of drug-likeness (QED) is 0.882. The zero-order valence-electron chi connectivity index (χ0n) is 13.9. The highest BCUT2D eigenvalue weighted by atomic mass is 15.1. The summed E-state index contributed by atoms with van der Waals surface area (Å²) < 4.78 is 0. The number of benzene rings is 1. The Bertz CT molecular complexity index is 389. The van der Waals surface area contributed by atoms with Gasteiger partial charge in [-0.05, 0) is 49.4 Å². The summed E-state index contributed by atoms with van der Waals surface area (Å²) in [5.41, 5.74) is 9.13. The number of rotatable bonds is 5. The smallest absolute Gasteiger partial charge is 0.0424 e. The van der Waals surface area contributed by atoms with E-state index < -0.39 is 0 Å². The molecule has 2 rings (SSSR count). The molecule has 0 aromatic heterocycles. The second-order valence-electron chi connectivity index (χ2n) is 7.01. The maximum atomic E-state index is 6.43. The standard InChI is InChI=1S/C19H32N2/c1-16(2)14-17-8-10-18(11-9-17)19(20)15-21-12-6-4-3-5-7-13-21/h8-11,16,19H,3-7,12-15,20H2,1-2H3. The number of nitrogens with zero attached hydrogens (tertiary/aromatic N) is 1. The van der Waals surface area contributed by atoms with Crippen molar-refractivity contribution >= 4 is 0 Å². The first-order valence-electron chi connectivity index (χ1n) is 8.72. The molecule has 0 bridgehead atoms. The lowest BCUT2D eigenvalue weighted by molar-refractivity contribution is 0.234. The van der Waals surface area contributed by atoms with Gasteiger partial charge in [-0.1, -0.05) is 57.4 Å². The van der Waals surface area contributed by atoms with E-state index in [1.807, 2.05) is 0 Å². The summed E-state index contributed by atoms with van der Waals surface area (Å²) in [7, 11) is 0. The van der Waals surface area contributed by atoms with Crippen LogP contribution in [-0.4, -0.2) is 24.5 Å². The monoisotopic (exact) mass is 288 g/mol. The van der Waals surface area contributed by atoms with Crippen LogP contribution in [0.3, 0.4) is 0 Å². The van der Waals surface area contributed by atoms with Crippen molar-refractivity contribution in [2.75, 3.05) is 19.6 Å². The highest BCUT2D eigenvalue weighted by Crippen LogP contribution is 2.17. The van der Waals surface area contributed by atoms with Crippen LogP contribution < -0.4 is 5.73 Å². The number of hydrogen-bond acceptors (Lipinski definition) is 2. The van der Waals surface area contributed by atoms with Crippen LogP contribution in [0.15, 0.2) is 24.3 Å². The molecule has 0 aliphatic carbocycles. The van der Waals surface area contributed by atoms with Crippen LogP contribution in [0.4, 0.5) is 0 Å². The van der Waals surface area contributed by atoms with Crippen molar-refractivity contribution in [3.63, 3.8) is 0 Å². The van der Waals surface area contributed by atoms with Crippen molar-refractivity contribution in [1.29, 1.82) is 0 Å². The number of likely N-dealkylation sites (tertiary alicyclic amines) is 1. The van der Waals surface area contributed by atoms with Gasteiger partial charge in [0, 0.05) is 12.6 Å². The van der Waals surface area contributed by atoms with Gasteiger partial charge in [0.2, 0.25) is 0 Å². The molecule has 1 saturated heterocycles. The molecule has 1 unspecified atom stereocenters. The van der Waals surface area contributed by atoms with Crippen LogP contribution in [0, 0.1) is 5.92 Å². The van der Waals surface area contributed by atoms with Gasteiger partial charge in [0.25, 0.3) is 0 Å². The van der Waals surface area contributed by atoms with E-state index in [-0.39, 0.29) is 6.04 Å². The van der Waals surface area contributed by atoms with Crippen LogP contribution in [-0.2, 0) is 6.42 Å². The lowest BCUT2D eigenvalue weighted by Gasteiger charge is -2.27. The molecule has 0 saturated carbocycles. The second kappa shape index (κ2) is 8.55. The predicted octanol–water partition coefficient (Wildman–Crippen LogP) is 4.15. The minimum absolute atomic E-state index is 0.150. The molecule has 1 heterocycles. The molecule has 2 heteroatoms. The van der Waals surface area contributed by atoms with Gasteiger partial charge in [-0.3, -0.25) is 0 Å². The van der Waals surface area contributed by atoms with Gasteiger partial charge < -0.3 is 10.6 Å². The maximum absolute atomic E-state index is 6.43. The Morgan fingerprint density at radius 3 is 2.10 bits per heavy atom. The molecule has 2 N–H and O–H groups in total. The summed E-state index contributed by atoms with van der Waals surface area (Å²) in [6.45, 7) is 7.98. The van der Waals surface area contributed by atoms with E-state index in [2.05, 4.69) is 43.0 Å². The third kappa shape index (κ3) is 5.80. The van der Waals surface area contributed by atoms with E-state index in [4.69, 9.17) is 5.73 Å². The van der Waals surface area contributed by atoms with Gasteiger partial charge in [-0.25, -0.2) is 0 Å². The van der Waals surface area contributed by atoms with Gasteiger partial charge in [0.15, 0.2) is 0 Å². The maximum Gasteiger partial charge on any atom is 0.0424 e. The summed E-state index contributed by atoms with van der Waals surface area (Å²) in [4.78, 5) is 2.56. The average Bonchev–Trinajstić information content (AvgIpc) is 2.41. The topological polar surface area (TPSA) is 29.3 Å². The van der Waals surface area contributed by atoms with Crippen LogP contribution >= 0.6 is 0 Å². The second-order valence-corrected chi connectivity index (χ2v) is 7.01. The van der Waals surface area contributed by atoms with Crippen molar-refractivity contribution in [3.8, 4) is 0 Å². The zero-order chi connectivity index (χ0) is 15.1. The Kier molecular flexibility index (Phi) is 6.72. The van der Waals surface area contributed by atoms with Crippen LogP contribution in [0.2, 0.25) is 0 Å². The number of hydrogen-bond donors (Lipinski definition) is 1. The van der Waals surface area contributed by atoms with Gasteiger partial charge in [0.1, 0.15) is 0 Å². The van der Waals surface area contributed by atoms with Gasteiger partial charge in [0.05, 0.1) is 0 Å². The molecule has 118 valence electrons. The van der Waals surface area contributed by atoms with Gasteiger partial charge in [-0.15, -0.1) is 0 Å². The van der Waals surface area contributed by atoms with Gasteiger partial charge >= 0.3 is 0 Å². The lowest BCUT2D eigenvalue weighted by Crippen LogP contribution is -2.34. The molecule has 1 aliphatic rings. The van der Waals surface area contributed by atoms with E-state index >= 15 is 0 Å². The van der Waals surface area contributed by atoms with Crippen molar-refractivity contribution in [2.45, 2.75) is 58.4 Å². The SMILES string of the molecule is CC(C)Cc1ccc(C(N)CN2CCCCCCC2)cc1. The lowest BCUT2D eigenvalue weighted by atomic mass is 9.99. The number of nitrogens with two attached hydrogens (primary N) is 1. The fraction of sp³-hybridized carbons (Fsp3) is 0.684. The van der Waals surface area contributed by atoms with E-state index in [1.54, 1.807) is 0 Å². The minimum Gasteiger partial charge on any atom is -0.323 e. The van der Waals surface area contributed by atoms with Crippen molar-refractivity contribution < 1.29 is 0 Å². The minimum atomic E-state index is 0.150. The molecule has 1 aliphatic heterocycles. The van der Waals surface area contributed by atoms with E-state index in [9.17, 15) is 0 Å². The van der Waals surface area contributed by atoms with Crippen molar-refractivity contribution in [2.24, 2.45) is 11.7 Å². The van der Waals surface area contributed by atoms with E-state index in [0.717, 1.165) is 13.0 Å². The molecule has 0 radical (unpaired) electrons. The fourth-order valence-electron chi connectivity index (χ4n) is 3.25. The third-order valence-corrected chi connectivity index (χ3v) is 4.46. The Morgan fingerprint density at radius 2 is 1.52 bits per heavy atom. The Hall–Kier alpha value is -0.860. The van der Waals surface area contributed by atoms with E-state index in [0.29, 0.717) is 5.92 Å². The van der Waals surface area contributed by atoms with Crippen LogP contribution in [0.1, 0.15) is 63.1 Å². The summed E-state index contributed by atoms with van der Waals surface area (Å²) in [6, 6.07) is 9.11. The molecule has 1 aromatic carbocycles. The molecule has 1 atom stereocenters. The van der Waals surface area contributed by atoms with Crippen LogP contribution in [0.25, 0.3) is 0 Å². The Morgan fingerprint density at radius 1 is 0.952 bits per heavy atom. The summed E-state index contributed by atoms with van der Waals surface area (Å²) in [6.07, 6.45) is 8.00. The average molecular weight is 288 g/mol. The predicted molar refractivity (Wildman–Crippen MR) is 91.4 cm³/mol. The Balaban J connectivity index is 1.87. The van der Waals surface area contributed by atoms with Crippen molar-refractivity contribution in [3.05, 3.63) is 35.4 Å². The highest BCUT2D eigenvalue weighted by molar-refractivity contribution is 5.25. The molecule has 0 spiro atoms. The first kappa shape index (κ1) is 16.5. The molecule has 1 aromatic rings. The van der Waals surface area contributed by atoms with Crippen molar-refractivity contribution in [1.82, 2.24) is 4.90 Å². The highest BCUT2D eigenvalue weighted by Gasteiger charge is 2.13. The van der Waals surface area contributed by atoms with Crippen LogP contribution in [0.5, 0.6) is 0 Å². The molecule has 2 nitrogen and oxygen atoms in total. The molecule has 21 heavy (non-hydrogen) atoms. The molecule has 0 amide bonds. The normalized spacial score (nSPS) is 19.2. The summed E-state index contributed by atoms with van der Waals surface area (Å²) in [5, 5.41) is 0. The summed E-state index contributed by atoms with van der Waals surface area (Å²) >= 11 is 0. The third-order valence-electron chi connectivity index (χ3n) is 4.46. The van der Waals surface area contributed by atoms with E-state index in [1.165, 1.54) is 56.3 Å². The largest absolute Gasteiger partial charge is 0.323 e. The molecule has 1 fully saturated rings. The first-order chi connectivity index (χ1) is 10.1. The Labute approximate surface area is 130 Å². The fourth-order valence-corrected chi connectivity index (χ4v) is 3.25. The first-order valence-corrected chi connectivity index (χ1v) is 8.72. The van der Waals surface area contributed by atoms with Gasteiger partial charge in [-0.2, -0.15) is 0 Å². The molecular weight excluding hydrogens is 256 g/mol. The zero-order valence-corrected chi connectivity index (χ0v) is 13.9.